The van der Waals surface area contributed by atoms with Gasteiger partial charge >= 0.3 is 5.97 Å². The van der Waals surface area contributed by atoms with Crippen LogP contribution in [0.5, 0.6) is 0 Å². The number of benzene rings is 1. The zero-order valence-corrected chi connectivity index (χ0v) is 16.5. The predicted octanol–water partition coefficient (Wildman–Crippen LogP) is 2.34. The van der Waals surface area contributed by atoms with E-state index in [9.17, 15) is 18.0 Å². The molecule has 0 radical (unpaired) electrons. The van der Waals surface area contributed by atoms with Gasteiger partial charge in [-0.15, -0.1) is 0 Å². The van der Waals surface area contributed by atoms with Crippen LogP contribution in [-0.4, -0.2) is 50.9 Å². The largest absolute Gasteiger partial charge is 0.452 e. The molecule has 3 rings (SSSR count). The molecular formula is C18H23ClN2O5S. The van der Waals surface area contributed by atoms with Crippen LogP contribution < -0.4 is 4.72 Å². The van der Waals surface area contributed by atoms with Gasteiger partial charge in [0, 0.05) is 19.1 Å². The molecule has 148 valence electrons. The fourth-order valence-electron chi connectivity index (χ4n) is 2.94. The molecule has 27 heavy (non-hydrogen) atoms. The second kappa shape index (κ2) is 8.58. The molecule has 1 aliphatic carbocycles. The van der Waals surface area contributed by atoms with Crippen molar-refractivity contribution in [3.63, 3.8) is 0 Å². The Kier molecular flexibility index (Phi) is 6.39. The van der Waals surface area contributed by atoms with Gasteiger partial charge in [-0.3, -0.25) is 4.79 Å². The number of rotatable bonds is 6. The summed E-state index contributed by atoms with van der Waals surface area (Å²) >= 11 is 6.00. The Bertz CT molecular complexity index is 815. The lowest BCUT2D eigenvalue weighted by molar-refractivity contribution is -0.134. The summed E-state index contributed by atoms with van der Waals surface area (Å²) in [4.78, 5) is 26.0. The lowest BCUT2D eigenvalue weighted by Gasteiger charge is -2.20. The number of hydrogen-bond donors (Lipinski definition) is 1. The molecular weight excluding hydrogens is 392 g/mol. The zero-order chi connectivity index (χ0) is 19.4. The molecule has 2 fully saturated rings. The van der Waals surface area contributed by atoms with Gasteiger partial charge in [0.15, 0.2) is 6.61 Å². The Hall–Kier alpha value is -1.64. The summed E-state index contributed by atoms with van der Waals surface area (Å²) < 4.78 is 32.4. The van der Waals surface area contributed by atoms with Crippen molar-refractivity contribution in [2.75, 3.05) is 19.7 Å². The predicted molar refractivity (Wildman–Crippen MR) is 100 cm³/mol. The molecule has 0 aromatic heterocycles. The van der Waals surface area contributed by atoms with Crippen molar-refractivity contribution >= 4 is 33.5 Å². The van der Waals surface area contributed by atoms with Gasteiger partial charge < -0.3 is 9.64 Å². The Balaban J connectivity index is 1.64. The first-order valence-corrected chi connectivity index (χ1v) is 11.0. The highest BCUT2D eigenvalue weighted by atomic mass is 35.5. The van der Waals surface area contributed by atoms with Crippen molar-refractivity contribution in [3.05, 3.63) is 28.8 Å². The highest BCUT2D eigenvalue weighted by Gasteiger charge is 2.30. The molecule has 1 amide bonds. The Morgan fingerprint density at radius 3 is 2.44 bits per heavy atom. The zero-order valence-electron chi connectivity index (χ0n) is 14.9. The molecule has 1 saturated carbocycles. The van der Waals surface area contributed by atoms with Crippen LogP contribution in [0.15, 0.2) is 23.1 Å². The Labute approximate surface area is 164 Å². The van der Waals surface area contributed by atoms with E-state index in [0.29, 0.717) is 13.1 Å². The van der Waals surface area contributed by atoms with E-state index >= 15 is 0 Å². The number of amides is 1. The van der Waals surface area contributed by atoms with Crippen molar-refractivity contribution in [1.82, 2.24) is 9.62 Å². The quantitative estimate of drug-likeness (QED) is 0.721. The van der Waals surface area contributed by atoms with E-state index in [1.165, 1.54) is 18.2 Å². The van der Waals surface area contributed by atoms with Gasteiger partial charge in [0.05, 0.1) is 10.6 Å². The number of halogens is 1. The van der Waals surface area contributed by atoms with Gasteiger partial charge in [0.1, 0.15) is 4.90 Å². The third-order valence-corrected chi connectivity index (χ3v) is 6.64. The van der Waals surface area contributed by atoms with Gasteiger partial charge in [0.2, 0.25) is 10.0 Å². The van der Waals surface area contributed by atoms with Crippen molar-refractivity contribution < 1.29 is 22.7 Å². The van der Waals surface area contributed by atoms with E-state index in [1.54, 1.807) is 4.90 Å². The highest BCUT2D eigenvalue weighted by molar-refractivity contribution is 7.89. The molecule has 1 heterocycles. The number of nitrogens with zero attached hydrogens (tertiary/aromatic N) is 1. The van der Waals surface area contributed by atoms with Crippen LogP contribution in [-0.2, 0) is 19.6 Å². The maximum atomic E-state index is 12.4. The normalized spacial score (nSPS) is 18.0. The van der Waals surface area contributed by atoms with Crippen LogP contribution in [0, 0.1) is 0 Å². The average molecular weight is 415 g/mol. The molecule has 1 aromatic rings. The summed E-state index contributed by atoms with van der Waals surface area (Å²) in [6.07, 6.45) is 5.67. The van der Waals surface area contributed by atoms with Crippen LogP contribution in [0.1, 0.15) is 48.9 Å². The molecule has 0 atom stereocenters. The maximum absolute atomic E-state index is 12.4. The minimum Gasteiger partial charge on any atom is -0.452 e. The van der Waals surface area contributed by atoms with Crippen LogP contribution in [0.25, 0.3) is 0 Å². The summed E-state index contributed by atoms with van der Waals surface area (Å²) in [5.41, 5.74) is 0.0410. The third-order valence-electron chi connectivity index (χ3n) is 4.64. The van der Waals surface area contributed by atoms with E-state index in [4.69, 9.17) is 16.3 Å². The van der Waals surface area contributed by atoms with Gasteiger partial charge in [-0.1, -0.05) is 24.4 Å². The van der Waals surface area contributed by atoms with Crippen molar-refractivity contribution in [2.45, 2.75) is 49.5 Å². The fourth-order valence-corrected chi connectivity index (χ4v) is 4.77. The fraction of sp³-hybridized carbons (Fsp3) is 0.556. The summed E-state index contributed by atoms with van der Waals surface area (Å²) in [6, 6.07) is 3.84. The Morgan fingerprint density at radius 1 is 1.15 bits per heavy atom. The lowest BCUT2D eigenvalue weighted by Crippen LogP contribution is -2.35. The van der Waals surface area contributed by atoms with Crippen LogP contribution in [0.4, 0.5) is 0 Å². The molecule has 1 aromatic carbocycles. The van der Waals surface area contributed by atoms with E-state index < -0.39 is 16.0 Å². The second-order valence-electron chi connectivity index (χ2n) is 6.91. The highest BCUT2D eigenvalue weighted by Crippen LogP contribution is 2.27. The lowest BCUT2D eigenvalue weighted by atomic mass is 10.2. The number of ether oxygens (including phenoxy) is 1. The summed E-state index contributed by atoms with van der Waals surface area (Å²) in [6.45, 7) is 0.989. The van der Waals surface area contributed by atoms with Crippen molar-refractivity contribution in [3.8, 4) is 0 Å². The third kappa shape index (κ3) is 5.43. The molecule has 0 unspecified atom stereocenters. The first-order chi connectivity index (χ1) is 12.9. The monoisotopic (exact) mass is 414 g/mol. The minimum atomic E-state index is -3.80. The van der Waals surface area contributed by atoms with E-state index in [1.807, 2.05) is 0 Å². The van der Waals surface area contributed by atoms with Gasteiger partial charge in [0.25, 0.3) is 5.91 Å². The average Bonchev–Trinajstić information content (AvgIpc) is 3.46. The molecule has 9 heteroatoms. The smallest absolute Gasteiger partial charge is 0.338 e. The van der Waals surface area contributed by atoms with E-state index in [0.717, 1.165) is 38.5 Å². The number of esters is 1. The maximum Gasteiger partial charge on any atom is 0.338 e. The molecule has 7 nitrogen and oxygen atoms in total. The summed E-state index contributed by atoms with van der Waals surface area (Å²) in [5, 5.41) is 0.0281. The first-order valence-electron chi connectivity index (χ1n) is 9.13. The molecule has 1 N–H and O–H groups in total. The number of likely N-dealkylation sites (tertiary alicyclic amines) is 1. The van der Waals surface area contributed by atoms with Gasteiger partial charge in [-0.2, -0.15) is 0 Å². The van der Waals surface area contributed by atoms with Crippen molar-refractivity contribution in [1.29, 1.82) is 0 Å². The summed E-state index contributed by atoms with van der Waals surface area (Å²) in [5.74, 6) is -0.986. The molecule has 0 spiro atoms. The molecule has 0 bridgehead atoms. The summed E-state index contributed by atoms with van der Waals surface area (Å²) in [7, 11) is -3.80. The number of hydrogen-bond acceptors (Lipinski definition) is 5. The van der Waals surface area contributed by atoms with E-state index in [2.05, 4.69) is 4.72 Å². The van der Waals surface area contributed by atoms with Gasteiger partial charge in [-0.05, 0) is 43.9 Å². The number of sulfonamides is 1. The van der Waals surface area contributed by atoms with Gasteiger partial charge in [-0.25, -0.2) is 17.9 Å². The van der Waals surface area contributed by atoms with E-state index in [-0.39, 0.29) is 34.0 Å². The standard InChI is InChI=1S/C18H23ClN2O5S/c19-15-8-5-13(11-16(15)27(24,25)20-14-6-7-14)18(23)26-12-17(22)21-9-3-1-2-4-10-21/h5,8,11,14,20H,1-4,6-7,9-10,12H2. The molecule has 1 aliphatic heterocycles. The SMILES string of the molecule is O=C(OCC(=O)N1CCCCCC1)c1ccc(Cl)c(S(=O)(=O)NC2CC2)c1. The second-order valence-corrected chi connectivity index (χ2v) is 9.00. The molecule has 2 aliphatic rings. The number of carbonyl (C=O) groups excluding carboxylic acids is 2. The number of carbonyl (C=O) groups is 2. The first kappa shape index (κ1) is 20.1. The van der Waals surface area contributed by atoms with Crippen molar-refractivity contribution in [2.24, 2.45) is 0 Å². The van der Waals surface area contributed by atoms with Crippen LogP contribution >= 0.6 is 11.6 Å². The minimum absolute atomic E-state index is 0.0281. The number of nitrogens with one attached hydrogen (secondary N) is 1. The molecule has 1 saturated heterocycles. The Morgan fingerprint density at radius 2 is 1.81 bits per heavy atom. The van der Waals surface area contributed by atoms with Crippen LogP contribution in [0.2, 0.25) is 5.02 Å². The topological polar surface area (TPSA) is 92.8 Å². The van der Waals surface area contributed by atoms with Crippen LogP contribution in [0.3, 0.4) is 0 Å².